The minimum absolute atomic E-state index is 0.0570. The van der Waals surface area contributed by atoms with E-state index in [1.54, 1.807) is 17.5 Å². The highest BCUT2D eigenvalue weighted by Gasteiger charge is 2.18. The van der Waals surface area contributed by atoms with Gasteiger partial charge in [-0.3, -0.25) is 4.79 Å². The lowest BCUT2D eigenvalue weighted by Crippen LogP contribution is -2.36. The second-order valence-corrected chi connectivity index (χ2v) is 6.92. The van der Waals surface area contributed by atoms with Gasteiger partial charge in [-0.25, -0.2) is 9.37 Å². The number of rotatable bonds is 4. The number of nitrogens with zero attached hydrogens (tertiary/aromatic N) is 2. The molecular formula is C19H18FN3OS. The van der Waals surface area contributed by atoms with Gasteiger partial charge in [0.2, 0.25) is 0 Å². The highest BCUT2D eigenvalue weighted by Crippen LogP contribution is 2.25. The van der Waals surface area contributed by atoms with Crippen LogP contribution in [-0.2, 0) is 4.79 Å². The molecule has 0 atom stereocenters. The highest BCUT2D eigenvalue weighted by atomic mass is 32.1. The van der Waals surface area contributed by atoms with Crippen molar-refractivity contribution in [3.05, 3.63) is 46.7 Å². The van der Waals surface area contributed by atoms with Crippen molar-refractivity contribution in [3.63, 3.8) is 0 Å². The Bertz CT molecular complexity index is 814. The number of nitriles is 1. The molecule has 2 aromatic rings. The van der Waals surface area contributed by atoms with Crippen LogP contribution in [0.25, 0.3) is 16.6 Å². The Balaban J connectivity index is 1.72. The lowest BCUT2D eigenvalue weighted by molar-refractivity contribution is -0.117. The standard InChI is InChI=1S/C19H18FN3OS/c20-15-8-6-13(7-9-15)19-23-17(12-25-19)10-14(11-21)18(24)22-16-4-2-1-3-5-16/h6-10,12,16H,1-5H2,(H,22,24)/b14-10+. The molecule has 0 aliphatic heterocycles. The van der Waals surface area contributed by atoms with Crippen LogP contribution in [0.4, 0.5) is 4.39 Å². The lowest BCUT2D eigenvalue weighted by Gasteiger charge is -2.22. The van der Waals surface area contributed by atoms with E-state index in [1.165, 1.54) is 36.0 Å². The third-order valence-corrected chi connectivity index (χ3v) is 5.12. The van der Waals surface area contributed by atoms with Gasteiger partial charge in [0.1, 0.15) is 22.5 Å². The number of hydrogen-bond donors (Lipinski definition) is 1. The average molecular weight is 355 g/mol. The number of benzene rings is 1. The molecule has 1 amide bonds. The quantitative estimate of drug-likeness (QED) is 0.657. The van der Waals surface area contributed by atoms with Crippen LogP contribution in [0.5, 0.6) is 0 Å². The summed E-state index contributed by atoms with van der Waals surface area (Å²) in [6, 6.07) is 8.19. The van der Waals surface area contributed by atoms with E-state index >= 15 is 0 Å². The molecule has 0 radical (unpaired) electrons. The van der Waals surface area contributed by atoms with Gasteiger partial charge in [0.25, 0.3) is 5.91 Å². The fraction of sp³-hybridized carbons (Fsp3) is 0.316. The van der Waals surface area contributed by atoms with Crippen molar-refractivity contribution in [1.29, 1.82) is 5.26 Å². The first-order valence-electron chi connectivity index (χ1n) is 8.30. The maximum Gasteiger partial charge on any atom is 0.262 e. The molecule has 25 heavy (non-hydrogen) atoms. The zero-order valence-corrected chi connectivity index (χ0v) is 14.5. The van der Waals surface area contributed by atoms with Crippen molar-refractivity contribution in [2.45, 2.75) is 38.1 Å². The molecule has 1 aromatic heterocycles. The average Bonchev–Trinajstić information content (AvgIpc) is 3.09. The van der Waals surface area contributed by atoms with Crippen molar-refractivity contribution < 1.29 is 9.18 Å². The van der Waals surface area contributed by atoms with E-state index in [2.05, 4.69) is 10.3 Å². The number of amides is 1. The summed E-state index contributed by atoms with van der Waals surface area (Å²) in [5.41, 5.74) is 1.41. The second kappa shape index (κ2) is 8.04. The van der Waals surface area contributed by atoms with Crippen molar-refractivity contribution in [1.82, 2.24) is 10.3 Å². The van der Waals surface area contributed by atoms with E-state index in [-0.39, 0.29) is 23.3 Å². The van der Waals surface area contributed by atoms with Gasteiger partial charge < -0.3 is 5.32 Å². The van der Waals surface area contributed by atoms with E-state index in [1.807, 2.05) is 6.07 Å². The van der Waals surface area contributed by atoms with E-state index in [0.717, 1.165) is 36.3 Å². The Morgan fingerprint density at radius 1 is 1.28 bits per heavy atom. The number of aromatic nitrogens is 1. The highest BCUT2D eigenvalue weighted by molar-refractivity contribution is 7.13. The van der Waals surface area contributed by atoms with Gasteiger partial charge in [0.05, 0.1) is 5.69 Å². The van der Waals surface area contributed by atoms with Gasteiger partial charge in [0, 0.05) is 17.0 Å². The number of carbonyl (C=O) groups is 1. The summed E-state index contributed by atoms with van der Waals surface area (Å²) in [7, 11) is 0. The fourth-order valence-corrected chi connectivity index (χ4v) is 3.67. The largest absolute Gasteiger partial charge is 0.349 e. The molecular weight excluding hydrogens is 337 g/mol. The van der Waals surface area contributed by atoms with Crippen LogP contribution >= 0.6 is 11.3 Å². The van der Waals surface area contributed by atoms with E-state index in [4.69, 9.17) is 0 Å². The molecule has 3 rings (SSSR count). The van der Waals surface area contributed by atoms with Crippen molar-refractivity contribution >= 4 is 23.3 Å². The molecule has 1 heterocycles. The molecule has 0 saturated heterocycles. The first-order valence-corrected chi connectivity index (χ1v) is 9.18. The smallest absolute Gasteiger partial charge is 0.262 e. The van der Waals surface area contributed by atoms with E-state index < -0.39 is 0 Å². The lowest BCUT2D eigenvalue weighted by atomic mass is 9.95. The van der Waals surface area contributed by atoms with Gasteiger partial charge >= 0.3 is 0 Å². The number of carbonyl (C=O) groups excluding carboxylic acids is 1. The summed E-state index contributed by atoms with van der Waals surface area (Å²) in [5.74, 6) is -0.641. The molecule has 1 fully saturated rings. The van der Waals surface area contributed by atoms with Crippen molar-refractivity contribution in [3.8, 4) is 16.6 Å². The number of hydrogen-bond acceptors (Lipinski definition) is 4. The van der Waals surface area contributed by atoms with Gasteiger partial charge in [-0.05, 0) is 43.2 Å². The summed E-state index contributed by atoms with van der Waals surface area (Å²) in [6.07, 6.45) is 6.87. The Labute approximate surface area is 150 Å². The van der Waals surface area contributed by atoms with Gasteiger partial charge in [0.15, 0.2) is 0 Å². The third kappa shape index (κ3) is 4.52. The Morgan fingerprint density at radius 3 is 2.68 bits per heavy atom. The SMILES string of the molecule is N#C/C(=C\c1csc(-c2ccc(F)cc2)n1)C(=O)NC1CCCCC1. The van der Waals surface area contributed by atoms with Crippen LogP contribution in [0.3, 0.4) is 0 Å². The molecule has 1 saturated carbocycles. The van der Waals surface area contributed by atoms with Gasteiger partial charge in [-0.1, -0.05) is 19.3 Å². The predicted octanol–water partition coefficient (Wildman–Crippen LogP) is 4.31. The van der Waals surface area contributed by atoms with Crippen LogP contribution in [0.15, 0.2) is 35.2 Å². The molecule has 0 spiro atoms. The van der Waals surface area contributed by atoms with Gasteiger partial charge in [-0.2, -0.15) is 5.26 Å². The molecule has 128 valence electrons. The maximum atomic E-state index is 13.0. The zero-order valence-electron chi connectivity index (χ0n) is 13.7. The third-order valence-electron chi connectivity index (χ3n) is 4.21. The first-order chi connectivity index (χ1) is 12.2. The molecule has 1 N–H and O–H groups in total. The normalized spacial score (nSPS) is 15.6. The van der Waals surface area contributed by atoms with E-state index in [0.29, 0.717) is 5.69 Å². The molecule has 1 aromatic carbocycles. The first kappa shape index (κ1) is 17.3. The van der Waals surface area contributed by atoms with Crippen LogP contribution in [-0.4, -0.2) is 16.9 Å². The minimum Gasteiger partial charge on any atom is -0.349 e. The number of halogens is 1. The molecule has 1 aliphatic carbocycles. The molecule has 4 nitrogen and oxygen atoms in total. The summed E-state index contributed by atoms with van der Waals surface area (Å²) in [6.45, 7) is 0. The van der Waals surface area contributed by atoms with Crippen molar-refractivity contribution in [2.75, 3.05) is 0 Å². The van der Waals surface area contributed by atoms with Crippen molar-refractivity contribution in [2.24, 2.45) is 0 Å². The van der Waals surface area contributed by atoms with Crippen LogP contribution < -0.4 is 5.32 Å². The predicted molar refractivity (Wildman–Crippen MR) is 96.1 cm³/mol. The molecule has 1 aliphatic rings. The molecule has 6 heteroatoms. The topological polar surface area (TPSA) is 65.8 Å². The summed E-state index contributed by atoms with van der Waals surface area (Å²) >= 11 is 1.39. The Kier molecular flexibility index (Phi) is 5.56. The number of nitrogens with one attached hydrogen (secondary N) is 1. The van der Waals surface area contributed by atoms with Crippen LogP contribution in [0.2, 0.25) is 0 Å². The molecule has 0 bridgehead atoms. The minimum atomic E-state index is -0.342. The van der Waals surface area contributed by atoms with Gasteiger partial charge in [-0.15, -0.1) is 11.3 Å². The second-order valence-electron chi connectivity index (χ2n) is 6.06. The van der Waals surface area contributed by atoms with E-state index in [9.17, 15) is 14.4 Å². The summed E-state index contributed by atoms with van der Waals surface area (Å²) in [5, 5.41) is 14.7. The summed E-state index contributed by atoms with van der Waals surface area (Å²) in [4.78, 5) is 16.7. The maximum absolute atomic E-state index is 13.0. The van der Waals surface area contributed by atoms with Crippen LogP contribution in [0.1, 0.15) is 37.8 Å². The molecule has 0 unspecified atom stereocenters. The number of thiazole rings is 1. The zero-order chi connectivity index (χ0) is 17.6. The Hall–Kier alpha value is -2.52. The Morgan fingerprint density at radius 2 is 2.00 bits per heavy atom. The monoisotopic (exact) mass is 355 g/mol. The van der Waals surface area contributed by atoms with Crippen LogP contribution in [0, 0.1) is 17.1 Å². The fourth-order valence-electron chi connectivity index (χ4n) is 2.88. The summed E-state index contributed by atoms with van der Waals surface area (Å²) < 4.78 is 13.0.